The topological polar surface area (TPSA) is 83.5 Å². The molecule has 0 saturated heterocycles. The van der Waals surface area contributed by atoms with Crippen LogP contribution in [-0.4, -0.2) is 22.7 Å². The molecule has 1 aromatic heterocycles. The molecule has 15 heavy (non-hydrogen) atoms. The molecule has 1 atom stereocenters. The number of carboxylic acids is 1. The molecule has 4 nitrogen and oxygen atoms in total. The molecule has 0 fully saturated rings. The predicted molar refractivity (Wildman–Crippen MR) is 59.1 cm³/mol. The molecule has 1 unspecified atom stereocenters. The molecule has 0 bridgehead atoms. The number of carboxylic acid groups (broad SMARTS) is 1. The van der Waals surface area contributed by atoms with Crippen molar-refractivity contribution in [3.8, 4) is 0 Å². The molecule has 0 aliphatic heterocycles. The molecule has 0 aromatic carbocycles. The Morgan fingerprint density at radius 2 is 2.33 bits per heavy atom. The number of nitrogens with two attached hydrogens (primary N) is 1. The minimum absolute atomic E-state index is 0.0433. The molecule has 1 rings (SSSR count). The maximum atomic E-state index is 10.9. The summed E-state index contributed by atoms with van der Waals surface area (Å²) >= 11 is 1.24. The zero-order valence-corrected chi connectivity index (χ0v) is 9.38. The van der Waals surface area contributed by atoms with E-state index in [9.17, 15) is 9.90 Å². The molecule has 0 aliphatic rings. The van der Waals surface area contributed by atoms with Crippen LogP contribution < -0.4 is 5.73 Å². The first kappa shape index (κ1) is 12.2. The van der Waals surface area contributed by atoms with Crippen molar-refractivity contribution in [3.05, 3.63) is 21.9 Å². The van der Waals surface area contributed by atoms with Crippen LogP contribution in [-0.2, 0) is 5.60 Å². The highest BCUT2D eigenvalue weighted by Crippen LogP contribution is 2.32. The van der Waals surface area contributed by atoms with Crippen molar-refractivity contribution in [1.29, 1.82) is 0 Å². The largest absolute Gasteiger partial charge is 0.478 e. The Morgan fingerprint density at radius 3 is 2.80 bits per heavy atom. The van der Waals surface area contributed by atoms with Crippen LogP contribution >= 0.6 is 11.3 Å². The zero-order chi connectivity index (χ0) is 11.5. The van der Waals surface area contributed by atoms with Crippen LogP contribution in [0.5, 0.6) is 0 Å². The monoisotopic (exact) mass is 229 g/mol. The Labute approximate surface area is 92.4 Å². The van der Waals surface area contributed by atoms with Gasteiger partial charge in [-0.2, -0.15) is 0 Å². The van der Waals surface area contributed by atoms with Gasteiger partial charge in [-0.25, -0.2) is 4.79 Å². The number of aromatic carboxylic acids is 1. The quantitative estimate of drug-likeness (QED) is 0.712. The third kappa shape index (κ3) is 2.37. The summed E-state index contributed by atoms with van der Waals surface area (Å²) in [6, 6.07) is 1.50. The lowest BCUT2D eigenvalue weighted by molar-refractivity contribution is 0.0369. The minimum Gasteiger partial charge on any atom is -0.478 e. The summed E-state index contributed by atoms with van der Waals surface area (Å²) < 4.78 is 0. The summed E-state index contributed by atoms with van der Waals surface area (Å²) in [5.41, 5.74) is 4.47. The minimum atomic E-state index is -1.20. The van der Waals surface area contributed by atoms with Gasteiger partial charge in [0.2, 0.25) is 0 Å². The second kappa shape index (κ2) is 4.74. The summed E-state index contributed by atoms with van der Waals surface area (Å²) in [7, 11) is 0. The molecule has 0 radical (unpaired) electrons. The van der Waals surface area contributed by atoms with E-state index in [0.29, 0.717) is 11.3 Å². The van der Waals surface area contributed by atoms with Crippen LogP contribution in [0.1, 0.15) is 35.0 Å². The van der Waals surface area contributed by atoms with E-state index < -0.39 is 11.6 Å². The Morgan fingerprint density at radius 1 is 1.67 bits per heavy atom. The molecule has 0 saturated carbocycles. The number of hydrogen-bond acceptors (Lipinski definition) is 4. The van der Waals surface area contributed by atoms with Gasteiger partial charge in [0.15, 0.2) is 0 Å². The van der Waals surface area contributed by atoms with Crippen molar-refractivity contribution in [1.82, 2.24) is 0 Å². The summed E-state index contributed by atoms with van der Waals surface area (Å²) in [6.45, 7) is 1.97. The number of aliphatic hydroxyl groups is 1. The second-order valence-corrected chi connectivity index (χ2v) is 4.37. The van der Waals surface area contributed by atoms with Gasteiger partial charge in [-0.05, 0) is 17.9 Å². The number of rotatable bonds is 5. The van der Waals surface area contributed by atoms with E-state index in [1.165, 1.54) is 17.4 Å². The molecule has 1 aromatic rings. The first-order valence-corrected chi connectivity index (χ1v) is 5.67. The van der Waals surface area contributed by atoms with Crippen LogP contribution in [0.4, 0.5) is 0 Å². The van der Waals surface area contributed by atoms with Crippen molar-refractivity contribution < 1.29 is 15.0 Å². The SMILES string of the molecule is CCCC(O)(CN)c1sccc1C(=O)O. The van der Waals surface area contributed by atoms with E-state index in [1.54, 1.807) is 5.38 Å². The van der Waals surface area contributed by atoms with Gasteiger partial charge in [0, 0.05) is 6.54 Å². The Kier molecular flexibility index (Phi) is 3.84. The molecule has 0 spiro atoms. The van der Waals surface area contributed by atoms with E-state index in [4.69, 9.17) is 10.8 Å². The van der Waals surface area contributed by atoms with Gasteiger partial charge in [-0.1, -0.05) is 13.3 Å². The molecule has 4 N–H and O–H groups in total. The van der Waals surface area contributed by atoms with Crippen LogP contribution in [0.15, 0.2) is 11.4 Å². The summed E-state index contributed by atoms with van der Waals surface area (Å²) in [5, 5.41) is 20.8. The maximum absolute atomic E-state index is 10.9. The fourth-order valence-electron chi connectivity index (χ4n) is 1.56. The second-order valence-electron chi connectivity index (χ2n) is 3.45. The lowest BCUT2D eigenvalue weighted by atomic mass is 9.93. The maximum Gasteiger partial charge on any atom is 0.336 e. The van der Waals surface area contributed by atoms with Crippen LogP contribution in [0, 0.1) is 0 Å². The molecule has 0 aliphatic carbocycles. The van der Waals surface area contributed by atoms with Gasteiger partial charge < -0.3 is 15.9 Å². The summed E-state index contributed by atoms with van der Waals surface area (Å²) in [5.74, 6) is -1.02. The van der Waals surface area contributed by atoms with Crippen molar-refractivity contribution in [3.63, 3.8) is 0 Å². The highest BCUT2D eigenvalue weighted by Gasteiger charge is 2.32. The van der Waals surface area contributed by atoms with Crippen molar-refractivity contribution in [2.75, 3.05) is 6.54 Å². The Bertz CT molecular complexity index is 350. The third-order valence-corrected chi connectivity index (χ3v) is 3.43. The third-order valence-electron chi connectivity index (χ3n) is 2.32. The fourth-order valence-corrected chi connectivity index (χ4v) is 2.59. The van der Waals surface area contributed by atoms with Gasteiger partial charge in [-0.3, -0.25) is 0 Å². The summed E-state index contributed by atoms with van der Waals surface area (Å²) in [6.07, 6.45) is 1.23. The van der Waals surface area contributed by atoms with E-state index >= 15 is 0 Å². The van der Waals surface area contributed by atoms with Crippen LogP contribution in [0.2, 0.25) is 0 Å². The molecular formula is C10H15NO3S. The number of hydrogen-bond donors (Lipinski definition) is 3. The highest BCUT2D eigenvalue weighted by atomic mass is 32.1. The molecular weight excluding hydrogens is 214 g/mol. The first-order valence-electron chi connectivity index (χ1n) is 4.79. The van der Waals surface area contributed by atoms with Crippen LogP contribution in [0.25, 0.3) is 0 Å². The van der Waals surface area contributed by atoms with Crippen molar-refractivity contribution in [2.24, 2.45) is 5.73 Å². The molecule has 0 amide bonds. The lowest BCUT2D eigenvalue weighted by Crippen LogP contribution is -2.35. The molecule has 5 heteroatoms. The number of thiophene rings is 1. The summed E-state index contributed by atoms with van der Waals surface area (Å²) in [4.78, 5) is 11.4. The highest BCUT2D eigenvalue weighted by molar-refractivity contribution is 7.10. The standard InChI is InChI=1S/C10H15NO3S/c1-2-4-10(14,6-11)8-7(9(12)13)3-5-15-8/h3,5,14H,2,4,6,11H2,1H3,(H,12,13). The zero-order valence-electron chi connectivity index (χ0n) is 8.56. The van der Waals surface area contributed by atoms with Crippen molar-refractivity contribution >= 4 is 17.3 Å². The Hall–Kier alpha value is -0.910. The number of carbonyl (C=O) groups is 1. The molecule has 84 valence electrons. The fraction of sp³-hybridized carbons (Fsp3) is 0.500. The van der Waals surface area contributed by atoms with Crippen LogP contribution in [0.3, 0.4) is 0 Å². The van der Waals surface area contributed by atoms with E-state index in [0.717, 1.165) is 6.42 Å². The van der Waals surface area contributed by atoms with Gasteiger partial charge in [0.25, 0.3) is 0 Å². The van der Waals surface area contributed by atoms with E-state index in [2.05, 4.69) is 0 Å². The van der Waals surface area contributed by atoms with Gasteiger partial charge >= 0.3 is 5.97 Å². The van der Waals surface area contributed by atoms with E-state index in [1.807, 2.05) is 6.92 Å². The average Bonchev–Trinajstić information content (AvgIpc) is 2.67. The van der Waals surface area contributed by atoms with Gasteiger partial charge in [-0.15, -0.1) is 11.3 Å². The predicted octanol–water partition coefficient (Wildman–Crippen LogP) is 1.39. The lowest BCUT2D eigenvalue weighted by Gasteiger charge is -2.25. The average molecular weight is 229 g/mol. The Balaban J connectivity index is 3.11. The van der Waals surface area contributed by atoms with E-state index in [-0.39, 0.29) is 12.1 Å². The molecule has 1 heterocycles. The first-order chi connectivity index (χ1) is 7.05. The normalized spacial score (nSPS) is 14.9. The van der Waals surface area contributed by atoms with Gasteiger partial charge in [0.1, 0.15) is 5.60 Å². The van der Waals surface area contributed by atoms with Gasteiger partial charge in [0.05, 0.1) is 10.4 Å². The van der Waals surface area contributed by atoms with Crippen molar-refractivity contribution in [2.45, 2.75) is 25.4 Å². The smallest absolute Gasteiger partial charge is 0.336 e.